The molecular formula is C16H18N2O4. The Kier molecular flexibility index (Phi) is 5.08. The Morgan fingerprint density at radius 3 is 2.36 bits per heavy atom. The third-order valence-corrected chi connectivity index (χ3v) is 2.93. The van der Waals surface area contributed by atoms with E-state index in [1.807, 2.05) is 0 Å². The lowest BCUT2D eigenvalue weighted by atomic mass is 10.2. The Morgan fingerprint density at radius 1 is 1.05 bits per heavy atom. The number of nitrogens with one attached hydrogen (secondary N) is 1. The summed E-state index contributed by atoms with van der Waals surface area (Å²) in [6, 6.07) is 12.0. The number of methoxy groups -OCH3 is 2. The summed E-state index contributed by atoms with van der Waals surface area (Å²) in [5.41, 5.74) is 6.74. The molecule has 0 bridgehead atoms. The molecule has 0 atom stereocenters. The molecule has 0 aromatic heterocycles. The van der Waals surface area contributed by atoms with Gasteiger partial charge in [-0.2, -0.15) is 0 Å². The molecule has 0 spiro atoms. The zero-order chi connectivity index (χ0) is 15.9. The fourth-order valence-electron chi connectivity index (χ4n) is 1.83. The molecule has 116 valence electrons. The van der Waals surface area contributed by atoms with Gasteiger partial charge in [0.2, 0.25) is 0 Å². The lowest BCUT2D eigenvalue weighted by Gasteiger charge is -2.11. The van der Waals surface area contributed by atoms with Gasteiger partial charge in [0, 0.05) is 5.69 Å². The van der Waals surface area contributed by atoms with Crippen LogP contribution in [0.25, 0.3) is 0 Å². The average Bonchev–Trinajstić information content (AvgIpc) is 2.53. The molecule has 6 heteroatoms. The highest BCUT2D eigenvalue weighted by Gasteiger charge is 2.09. The Bertz CT molecular complexity index is 641. The van der Waals surface area contributed by atoms with Crippen LogP contribution in [0.4, 0.5) is 11.4 Å². The maximum Gasteiger partial charge on any atom is 0.262 e. The van der Waals surface area contributed by atoms with Gasteiger partial charge >= 0.3 is 0 Å². The van der Waals surface area contributed by atoms with Crippen LogP contribution in [0.3, 0.4) is 0 Å². The first-order valence-corrected chi connectivity index (χ1v) is 6.62. The second-order valence-corrected chi connectivity index (χ2v) is 4.47. The molecule has 0 heterocycles. The normalized spacial score (nSPS) is 9.91. The van der Waals surface area contributed by atoms with E-state index in [1.165, 1.54) is 7.11 Å². The minimum atomic E-state index is -0.306. The molecule has 1 amide bonds. The minimum absolute atomic E-state index is 0.121. The summed E-state index contributed by atoms with van der Waals surface area (Å²) in [4.78, 5) is 11.9. The minimum Gasteiger partial charge on any atom is -0.497 e. The number of hydrogen-bond donors (Lipinski definition) is 2. The van der Waals surface area contributed by atoms with Gasteiger partial charge in [-0.1, -0.05) is 0 Å². The number of nitrogen functional groups attached to an aromatic ring is 1. The smallest absolute Gasteiger partial charge is 0.262 e. The second-order valence-electron chi connectivity index (χ2n) is 4.47. The number of rotatable bonds is 6. The van der Waals surface area contributed by atoms with Crippen LogP contribution in [0.1, 0.15) is 0 Å². The van der Waals surface area contributed by atoms with E-state index >= 15 is 0 Å². The Hall–Kier alpha value is -2.89. The number of carbonyl (C=O) groups is 1. The third-order valence-electron chi connectivity index (χ3n) is 2.93. The van der Waals surface area contributed by atoms with E-state index in [2.05, 4.69) is 5.32 Å². The van der Waals surface area contributed by atoms with E-state index in [-0.39, 0.29) is 12.5 Å². The van der Waals surface area contributed by atoms with Crippen molar-refractivity contribution in [2.45, 2.75) is 0 Å². The molecule has 0 unspecified atom stereocenters. The van der Waals surface area contributed by atoms with Crippen LogP contribution in [-0.4, -0.2) is 26.7 Å². The molecule has 0 aliphatic heterocycles. The standard InChI is InChI=1S/C16H18N2O4/c1-20-12-4-6-13(7-5-12)22-10-16(19)18-14-9-11(17)3-8-15(14)21-2/h3-9H,10,17H2,1-2H3,(H,18,19). The third kappa shape index (κ3) is 4.05. The van der Waals surface area contributed by atoms with Crippen LogP contribution < -0.4 is 25.3 Å². The lowest BCUT2D eigenvalue weighted by molar-refractivity contribution is -0.118. The topological polar surface area (TPSA) is 82.8 Å². The molecule has 0 aliphatic rings. The van der Waals surface area contributed by atoms with Crippen molar-refractivity contribution >= 4 is 17.3 Å². The number of anilines is 2. The number of carbonyl (C=O) groups excluding carboxylic acids is 1. The van der Waals surface area contributed by atoms with Gasteiger partial charge in [-0.15, -0.1) is 0 Å². The van der Waals surface area contributed by atoms with Crippen molar-refractivity contribution in [2.75, 3.05) is 31.9 Å². The number of nitrogens with two attached hydrogens (primary N) is 1. The van der Waals surface area contributed by atoms with Crippen LogP contribution in [0, 0.1) is 0 Å². The van der Waals surface area contributed by atoms with E-state index < -0.39 is 0 Å². The summed E-state index contributed by atoms with van der Waals surface area (Å²) < 4.78 is 15.6. The van der Waals surface area contributed by atoms with Crippen LogP contribution >= 0.6 is 0 Å². The molecule has 22 heavy (non-hydrogen) atoms. The summed E-state index contributed by atoms with van der Waals surface area (Å²) >= 11 is 0. The fraction of sp³-hybridized carbons (Fsp3) is 0.188. The van der Waals surface area contributed by atoms with E-state index in [1.54, 1.807) is 49.6 Å². The molecular weight excluding hydrogens is 284 g/mol. The fourth-order valence-corrected chi connectivity index (χ4v) is 1.83. The van der Waals surface area contributed by atoms with Crippen LogP contribution in [0.2, 0.25) is 0 Å². The highest BCUT2D eigenvalue weighted by molar-refractivity contribution is 5.93. The maximum absolute atomic E-state index is 11.9. The van der Waals surface area contributed by atoms with Crippen molar-refractivity contribution in [3.63, 3.8) is 0 Å². The van der Waals surface area contributed by atoms with Crippen LogP contribution in [0.15, 0.2) is 42.5 Å². The van der Waals surface area contributed by atoms with Gasteiger partial charge in [-0.05, 0) is 42.5 Å². The van der Waals surface area contributed by atoms with Crippen LogP contribution in [0.5, 0.6) is 17.2 Å². The molecule has 2 rings (SSSR count). The molecule has 0 fully saturated rings. The first kappa shape index (κ1) is 15.5. The van der Waals surface area contributed by atoms with Gasteiger partial charge < -0.3 is 25.3 Å². The number of benzene rings is 2. The van der Waals surface area contributed by atoms with E-state index in [0.717, 1.165) is 5.75 Å². The van der Waals surface area contributed by atoms with Gasteiger partial charge in [-0.25, -0.2) is 0 Å². The zero-order valence-electron chi connectivity index (χ0n) is 12.5. The largest absolute Gasteiger partial charge is 0.497 e. The number of hydrogen-bond acceptors (Lipinski definition) is 5. The van der Waals surface area contributed by atoms with E-state index in [9.17, 15) is 4.79 Å². The van der Waals surface area contributed by atoms with E-state index in [0.29, 0.717) is 22.9 Å². The predicted octanol–water partition coefficient (Wildman–Crippen LogP) is 2.30. The zero-order valence-corrected chi connectivity index (χ0v) is 12.5. The van der Waals surface area contributed by atoms with Crippen molar-refractivity contribution < 1.29 is 19.0 Å². The van der Waals surface area contributed by atoms with Crippen molar-refractivity contribution in [3.8, 4) is 17.2 Å². The summed E-state index contributed by atoms with van der Waals surface area (Å²) in [6.07, 6.45) is 0. The highest BCUT2D eigenvalue weighted by atomic mass is 16.5. The Balaban J connectivity index is 1.94. The SMILES string of the molecule is COc1ccc(OCC(=O)Nc2cc(N)ccc2OC)cc1. The molecule has 2 aromatic carbocycles. The molecule has 0 aliphatic carbocycles. The monoisotopic (exact) mass is 302 g/mol. The Labute approximate surface area is 128 Å². The number of ether oxygens (including phenoxy) is 3. The summed E-state index contributed by atoms with van der Waals surface area (Å²) in [5.74, 6) is 1.53. The Morgan fingerprint density at radius 2 is 1.73 bits per heavy atom. The summed E-state index contributed by atoms with van der Waals surface area (Å²) in [7, 11) is 3.11. The summed E-state index contributed by atoms with van der Waals surface area (Å²) in [5, 5.41) is 2.70. The second kappa shape index (κ2) is 7.21. The van der Waals surface area contributed by atoms with Crippen molar-refractivity contribution in [2.24, 2.45) is 0 Å². The average molecular weight is 302 g/mol. The molecule has 0 saturated heterocycles. The van der Waals surface area contributed by atoms with Gasteiger partial charge in [0.1, 0.15) is 17.2 Å². The lowest BCUT2D eigenvalue weighted by Crippen LogP contribution is -2.20. The number of amides is 1. The molecule has 3 N–H and O–H groups in total. The van der Waals surface area contributed by atoms with Gasteiger partial charge in [0.15, 0.2) is 6.61 Å². The molecule has 0 saturated carbocycles. The predicted molar refractivity (Wildman–Crippen MR) is 84.5 cm³/mol. The maximum atomic E-state index is 11.9. The van der Waals surface area contributed by atoms with Crippen molar-refractivity contribution in [1.82, 2.24) is 0 Å². The van der Waals surface area contributed by atoms with Crippen molar-refractivity contribution in [1.29, 1.82) is 0 Å². The quantitative estimate of drug-likeness (QED) is 0.800. The summed E-state index contributed by atoms with van der Waals surface area (Å²) in [6.45, 7) is -0.121. The highest BCUT2D eigenvalue weighted by Crippen LogP contribution is 2.26. The molecule has 0 radical (unpaired) electrons. The van der Waals surface area contributed by atoms with Crippen molar-refractivity contribution in [3.05, 3.63) is 42.5 Å². The van der Waals surface area contributed by atoms with E-state index in [4.69, 9.17) is 19.9 Å². The molecule has 6 nitrogen and oxygen atoms in total. The van der Waals surface area contributed by atoms with Gasteiger partial charge in [0.05, 0.1) is 19.9 Å². The first-order chi connectivity index (χ1) is 10.6. The first-order valence-electron chi connectivity index (χ1n) is 6.62. The van der Waals surface area contributed by atoms with Gasteiger partial charge in [-0.3, -0.25) is 4.79 Å². The molecule has 2 aromatic rings. The van der Waals surface area contributed by atoms with Gasteiger partial charge in [0.25, 0.3) is 5.91 Å². The van der Waals surface area contributed by atoms with Crippen LogP contribution in [-0.2, 0) is 4.79 Å².